The highest BCUT2D eigenvalue weighted by Crippen LogP contribution is 2.32. The molecule has 0 saturated carbocycles. The molecule has 178 valence electrons. The molecule has 4 aromatic rings. The van der Waals surface area contributed by atoms with Crippen LogP contribution in [0.25, 0.3) is 22.2 Å². The van der Waals surface area contributed by atoms with Crippen LogP contribution in [0.15, 0.2) is 53.8 Å². The summed E-state index contributed by atoms with van der Waals surface area (Å²) in [6.07, 6.45) is 4.14. The lowest BCUT2D eigenvalue weighted by Gasteiger charge is -2.34. The molecule has 0 radical (unpaired) electrons. The standard InChI is InChI=1S/C23H19F2N7O2S/c1-30-6-8-31(9-7-30)23-19(24)10-16(11-20(23)25)35(33,34)32-5-4-17-18(13-27-14-22(17)32)21-3-2-15(12-26)28-29-21/h2-5,10-11,13-14H,6-9H2,1H3. The van der Waals surface area contributed by atoms with E-state index < -0.39 is 26.6 Å². The second-order valence-electron chi connectivity index (χ2n) is 8.18. The zero-order chi connectivity index (χ0) is 24.7. The Bertz CT molecular complexity index is 1550. The summed E-state index contributed by atoms with van der Waals surface area (Å²) < 4.78 is 57.7. The van der Waals surface area contributed by atoms with Crippen molar-refractivity contribution >= 4 is 26.6 Å². The van der Waals surface area contributed by atoms with E-state index in [0.717, 1.165) is 16.1 Å². The Hall–Kier alpha value is -3.95. The van der Waals surface area contributed by atoms with E-state index in [0.29, 0.717) is 42.8 Å². The molecule has 1 aliphatic rings. The van der Waals surface area contributed by atoms with Crippen LogP contribution < -0.4 is 4.90 Å². The number of nitriles is 1. The number of benzene rings is 1. The van der Waals surface area contributed by atoms with Crippen LogP contribution in [-0.4, -0.2) is 65.7 Å². The lowest BCUT2D eigenvalue weighted by Crippen LogP contribution is -2.45. The molecule has 35 heavy (non-hydrogen) atoms. The van der Waals surface area contributed by atoms with Crippen molar-refractivity contribution in [3.8, 4) is 17.3 Å². The first-order chi connectivity index (χ1) is 16.8. The Kier molecular flexibility index (Phi) is 5.66. The molecule has 0 unspecified atom stereocenters. The predicted molar refractivity (Wildman–Crippen MR) is 124 cm³/mol. The van der Waals surface area contributed by atoms with E-state index in [1.165, 1.54) is 24.7 Å². The van der Waals surface area contributed by atoms with Crippen LogP contribution in [0.2, 0.25) is 0 Å². The third kappa shape index (κ3) is 3.98. The van der Waals surface area contributed by atoms with Crippen molar-refractivity contribution in [2.45, 2.75) is 4.90 Å². The molecular formula is C23H19F2N7O2S. The first-order valence-corrected chi connectivity index (χ1v) is 12.1. The molecular weight excluding hydrogens is 476 g/mol. The topological polar surface area (TPSA) is 108 Å². The molecule has 1 fully saturated rings. The summed E-state index contributed by atoms with van der Waals surface area (Å²) in [5.74, 6) is -1.87. The second-order valence-corrected chi connectivity index (χ2v) is 9.99. The van der Waals surface area contributed by atoms with Gasteiger partial charge >= 0.3 is 0 Å². The number of piperazine rings is 1. The molecule has 5 rings (SSSR count). The lowest BCUT2D eigenvalue weighted by molar-refractivity contribution is 0.310. The van der Waals surface area contributed by atoms with E-state index in [2.05, 4.69) is 15.2 Å². The van der Waals surface area contributed by atoms with Gasteiger partial charge in [0, 0.05) is 49.5 Å². The van der Waals surface area contributed by atoms with Gasteiger partial charge in [-0.1, -0.05) is 0 Å². The van der Waals surface area contributed by atoms with Crippen LogP contribution in [0.1, 0.15) is 5.69 Å². The van der Waals surface area contributed by atoms with E-state index in [1.807, 2.05) is 18.0 Å². The van der Waals surface area contributed by atoms with Gasteiger partial charge in [0.1, 0.15) is 11.8 Å². The van der Waals surface area contributed by atoms with E-state index in [4.69, 9.17) is 5.26 Å². The summed E-state index contributed by atoms with van der Waals surface area (Å²) in [5, 5.41) is 17.2. The van der Waals surface area contributed by atoms with Gasteiger partial charge in [-0.15, -0.1) is 10.2 Å². The molecule has 0 amide bonds. The van der Waals surface area contributed by atoms with Gasteiger partial charge in [-0.05, 0) is 37.4 Å². The highest BCUT2D eigenvalue weighted by Gasteiger charge is 2.27. The summed E-state index contributed by atoms with van der Waals surface area (Å²) in [5.41, 5.74) is 1.01. The van der Waals surface area contributed by atoms with Crippen LogP contribution in [-0.2, 0) is 10.0 Å². The average Bonchev–Trinajstić information content (AvgIpc) is 3.30. The highest BCUT2D eigenvalue weighted by molar-refractivity contribution is 7.90. The minimum atomic E-state index is -4.34. The molecule has 12 heteroatoms. The number of anilines is 1. The monoisotopic (exact) mass is 495 g/mol. The minimum Gasteiger partial charge on any atom is -0.364 e. The van der Waals surface area contributed by atoms with E-state index in [-0.39, 0.29) is 16.9 Å². The third-order valence-electron chi connectivity index (χ3n) is 6.00. The number of aromatic nitrogens is 4. The number of hydrogen-bond acceptors (Lipinski definition) is 8. The van der Waals surface area contributed by atoms with Crippen LogP contribution in [0.5, 0.6) is 0 Å². The molecule has 0 bridgehead atoms. The van der Waals surface area contributed by atoms with E-state index in [9.17, 15) is 8.42 Å². The van der Waals surface area contributed by atoms with Crippen molar-refractivity contribution in [2.75, 3.05) is 38.1 Å². The number of hydrogen-bond donors (Lipinski definition) is 0. The predicted octanol–water partition coefficient (Wildman–Crippen LogP) is 2.63. The van der Waals surface area contributed by atoms with Crippen LogP contribution in [0, 0.1) is 23.0 Å². The number of fused-ring (bicyclic) bond motifs is 1. The minimum absolute atomic E-state index is 0.137. The molecule has 1 aromatic carbocycles. The molecule has 0 N–H and O–H groups in total. The zero-order valence-corrected chi connectivity index (χ0v) is 19.4. The molecule has 0 atom stereocenters. The summed E-state index contributed by atoms with van der Waals surface area (Å²) >= 11 is 0. The van der Waals surface area contributed by atoms with Crippen molar-refractivity contribution in [2.24, 2.45) is 0 Å². The molecule has 0 aliphatic carbocycles. The third-order valence-corrected chi connectivity index (χ3v) is 7.67. The summed E-state index contributed by atoms with van der Waals surface area (Å²) in [6, 6.07) is 8.20. The molecule has 9 nitrogen and oxygen atoms in total. The van der Waals surface area contributed by atoms with Gasteiger partial charge < -0.3 is 9.80 Å². The number of nitrogens with zero attached hydrogens (tertiary/aromatic N) is 7. The zero-order valence-electron chi connectivity index (χ0n) is 18.6. The van der Waals surface area contributed by atoms with Gasteiger partial charge in [0.15, 0.2) is 17.3 Å². The Labute approximate surface area is 199 Å². The number of likely N-dealkylation sites (N-methyl/N-ethyl adjacent to an activating group) is 1. The summed E-state index contributed by atoms with van der Waals surface area (Å²) in [7, 11) is -2.42. The van der Waals surface area contributed by atoms with Gasteiger partial charge in [0.25, 0.3) is 10.0 Å². The SMILES string of the molecule is CN1CCN(c2c(F)cc(S(=O)(=O)n3ccc4c(-c5ccc(C#N)nn5)cncc43)cc2F)CC1. The van der Waals surface area contributed by atoms with Crippen LogP contribution in [0.3, 0.4) is 0 Å². The molecule has 0 spiro atoms. The fourth-order valence-corrected chi connectivity index (χ4v) is 5.48. The quantitative estimate of drug-likeness (QED) is 0.425. The Morgan fingerprint density at radius 3 is 2.34 bits per heavy atom. The van der Waals surface area contributed by atoms with Gasteiger partial charge in [0.2, 0.25) is 0 Å². The van der Waals surface area contributed by atoms with Gasteiger partial charge in [-0.2, -0.15) is 5.26 Å². The van der Waals surface area contributed by atoms with Gasteiger partial charge in [0.05, 0.1) is 22.3 Å². The Morgan fingerprint density at radius 2 is 1.71 bits per heavy atom. The van der Waals surface area contributed by atoms with Crippen molar-refractivity contribution in [1.29, 1.82) is 5.26 Å². The second kappa shape index (κ2) is 8.68. The van der Waals surface area contributed by atoms with Gasteiger partial charge in [-0.3, -0.25) is 4.98 Å². The average molecular weight is 496 g/mol. The molecule has 4 heterocycles. The summed E-state index contributed by atoms with van der Waals surface area (Å²) in [6.45, 7) is 2.16. The maximum Gasteiger partial charge on any atom is 0.268 e. The first kappa shape index (κ1) is 22.8. The fraction of sp³-hybridized carbons (Fsp3) is 0.217. The fourth-order valence-electron chi connectivity index (χ4n) is 4.12. The van der Waals surface area contributed by atoms with Gasteiger partial charge in [-0.25, -0.2) is 21.2 Å². The Morgan fingerprint density at radius 1 is 1.00 bits per heavy atom. The smallest absolute Gasteiger partial charge is 0.268 e. The van der Waals surface area contributed by atoms with Crippen molar-refractivity contribution < 1.29 is 17.2 Å². The van der Waals surface area contributed by atoms with E-state index >= 15 is 8.78 Å². The largest absolute Gasteiger partial charge is 0.364 e. The first-order valence-electron chi connectivity index (χ1n) is 10.7. The van der Waals surface area contributed by atoms with Crippen molar-refractivity contribution in [3.63, 3.8) is 0 Å². The number of pyridine rings is 1. The number of rotatable bonds is 4. The molecule has 1 aliphatic heterocycles. The van der Waals surface area contributed by atoms with Crippen molar-refractivity contribution in [1.82, 2.24) is 24.1 Å². The van der Waals surface area contributed by atoms with E-state index in [1.54, 1.807) is 17.0 Å². The number of halogens is 2. The van der Waals surface area contributed by atoms with Crippen LogP contribution >= 0.6 is 0 Å². The van der Waals surface area contributed by atoms with Crippen LogP contribution in [0.4, 0.5) is 14.5 Å². The highest BCUT2D eigenvalue weighted by atomic mass is 32.2. The normalized spacial score (nSPS) is 14.9. The lowest BCUT2D eigenvalue weighted by atomic mass is 10.1. The summed E-state index contributed by atoms with van der Waals surface area (Å²) in [4.78, 5) is 7.24. The molecule has 3 aromatic heterocycles. The molecule has 1 saturated heterocycles. The Balaban J connectivity index is 1.55. The van der Waals surface area contributed by atoms with Crippen molar-refractivity contribution in [3.05, 3.63) is 66.3 Å². The maximum atomic E-state index is 15.0. The maximum absolute atomic E-state index is 15.0.